The summed E-state index contributed by atoms with van der Waals surface area (Å²) in [5.74, 6) is 0.296. The molecule has 43 heavy (non-hydrogen) atoms. The minimum atomic E-state index is -0.624. The molecule has 2 N–H and O–H groups in total. The zero-order chi connectivity index (χ0) is 31.2. The van der Waals surface area contributed by atoms with Crippen LogP contribution in [-0.4, -0.2) is 10.7 Å². The molecule has 0 saturated heterocycles. The van der Waals surface area contributed by atoms with Gasteiger partial charge in [-0.05, 0) is 73.4 Å². The number of non-ortho nitro benzene ring substituents is 1. The van der Waals surface area contributed by atoms with Gasteiger partial charge >= 0.3 is 0 Å². The number of nitro groups is 1. The predicted octanol–water partition coefficient (Wildman–Crippen LogP) is 8.06. The maximum Gasteiger partial charge on any atom is 0.271 e. The number of hydrogen-bond donors (Lipinski definition) is 1. The fraction of sp³-hybridized carbons (Fsp3) is 0.314. The van der Waals surface area contributed by atoms with E-state index in [1.54, 1.807) is 22.7 Å². The van der Waals surface area contributed by atoms with Gasteiger partial charge in [0, 0.05) is 40.5 Å². The highest BCUT2D eigenvalue weighted by Gasteiger charge is 2.45. The quantitative estimate of drug-likeness (QED) is 0.175. The van der Waals surface area contributed by atoms with Crippen LogP contribution < -0.4 is 10.6 Å². The number of anilines is 1. The van der Waals surface area contributed by atoms with Crippen molar-refractivity contribution < 1.29 is 9.72 Å². The van der Waals surface area contributed by atoms with Crippen LogP contribution in [0, 0.1) is 54.6 Å². The van der Waals surface area contributed by atoms with Crippen LogP contribution in [0.3, 0.4) is 0 Å². The molecule has 8 heteroatoms. The Morgan fingerprint density at radius 2 is 1.79 bits per heavy atom. The number of thioether (sulfide) groups is 1. The first kappa shape index (κ1) is 30.1. The second-order valence-electron chi connectivity index (χ2n) is 12.4. The molecule has 1 aliphatic carbocycles. The largest absolute Gasteiger partial charge is 0.384 e. The minimum absolute atomic E-state index is 0.0266. The van der Waals surface area contributed by atoms with E-state index < -0.39 is 10.8 Å². The van der Waals surface area contributed by atoms with Crippen molar-refractivity contribution in [1.29, 1.82) is 5.26 Å². The van der Waals surface area contributed by atoms with Crippen molar-refractivity contribution in [2.75, 3.05) is 4.90 Å². The summed E-state index contributed by atoms with van der Waals surface area (Å²) < 4.78 is 0. The number of ketones is 1. The van der Waals surface area contributed by atoms with Crippen LogP contribution in [0.2, 0.25) is 0 Å². The zero-order valence-electron chi connectivity index (χ0n) is 25.4. The molecule has 1 unspecified atom stereocenters. The lowest BCUT2D eigenvalue weighted by Crippen LogP contribution is -2.42. The number of carbonyl (C=O) groups is 1. The molecule has 0 radical (unpaired) electrons. The summed E-state index contributed by atoms with van der Waals surface area (Å²) in [6, 6.07) is 19.5. The Bertz CT molecular complexity index is 1780. The van der Waals surface area contributed by atoms with Gasteiger partial charge in [0.05, 0.1) is 28.2 Å². The number of allylic oxidation sites excluding steroid dienone is 3. The maximum absolute atomic E-state index is 14.1. The number of benzene rings is 3. The minimum Gasteiger partial charge on any atom is -0.384 e. The summed E-state index contributed by atoms with van der Waals surface area (Å²) in [4.78, 5) is 28.3. The van der Waals surface area contributed by atoms with Crippen LogP contribution in [0.5, 0.6) is 0 Å². The van der Waals surface area contributed by atoms with Gasteiger partial charge in [-0.3, -0.25) is 19.8 Å². The Balaban J connectivity index is 1.71. The predicted molar refractivity (Wildman–Crippen MR) is 172 cm³/mol. The fourth-order valence-corrected chi connectivity index (χ4v) is 7.42. The van der Waals surface area contributed by atoms with Gasteiger partial charge in [-0.2, -0.15) is 5.26 Å². The van der Waals surface area contributed by atoms with E-state index in [1.807, 2.05) is 39.8 Å². The number of Topliss-reactive ketones (excluding diaryl/α,β-unsaturated/α-hetero) is 1. The second kappa shape index (κ2) is 11.4. The van der Waals surface area contributed by atoms with Gasteiger partial charge < -0.3 is 5.73 Å². The number of rotatable bonds is 6. The number of nitrogens with zero attached hydrogens (tertiary/aromatic N) is 3. The highest BCUT2D eigenvalue weighted by molar-refractivity contribution is 7.98. The van der Waals surface area contributed by atoms with E-state index in [0.29, 0.717) is 29.8 Å². The third kappa shape index (κ3) is 5.57. The molecule has 1 heterocycles. The zero-order valence-corrected chi connectivity index (χ0v) is 26.3. The van der Waals surface area contributed by atoms with Crippen molar-refractivity contribution in [2.45, 2.75) is 71.0 Å². The molecule has 0 aromatic heterocycles. The average molecular weight is 593 g/mol. The first-order valence-corrected chi connectivity index (χ1v) is 15.3. The van der Waals surface area contributed by atoms with E-state index in [1.165, 1.54) is 22.6 Å². The molecule has 0 fully saturated rings. The molecular weight excluding hydrogens is 556 g/mol. The van der Waals surface area contributed by atoms with Crippen LogP contribution in [0.15, 0.2) is 82.2 Å². The first-order chi connectivity index (χ1) is 20.3. The average Bonchev–Trinajstić information content (AvgIpc) is 2.93. The smallest absolute Gasteiger partial charge is 0.271 e. The highest BCUT2D eigenvalue weighted by Crippen LogP contribution is 2.51. The summed E-state index contributed by atoms with van der Waals surface area (Å²) in [6.45, 7) is 12.1. The van der Waals surface area contributed by atoms with Gasteiger partial charge in [0.25, 0.3) is 5.69 Å². The monoisotopic (exact) mass is 592 g/mol. The lowest BCUT2D eigenvalue weighted by Gasteiger charge is -2.44. The molecular formula is C35H36N4O3S. The summed E-state index contributed by atoms with van der Waals surface area (Å²) in [5, 5.41) is 22.3. The van der Waals surface area contributed by atoms with E-state index in [2.05, 4.69) is 44.2 Å². The van der Waals surface area contributed by atoms with Crippen molar-refractivity contribution in [3.8, 4) is 6.07 Å². The maximum atomic E-state index is 14.1. The van der Waals surface area contributed by atoms with Crippen LogP contribution in [0.25, 0.3) is 0 Å². The molecule has 3 aromatic carbocycles. The van der Waals surface area contributed by atoms with Gasteiger partial charge in [0.1, 0.15) is 5.82 Å². The fourth-order valence-electron chi connectivity index (χ4n) is 6.33. The van der Waals surface area contributed by atoms with Crippen molar-refractivity contribution in [2.24, 2.45) is 11.1 Å². The molecule has 2 aliphatic rings. The second-order valence-corrected chi connectivity index (χ2v) is 13.4. The summed E-state index contributed by atoms with van der Waals surface area (Å²) in [5.41, 5.74) is 14.6. The molecule has 1 aliphatic heterocycles. The summed E-state index contributed by atoms with van der Waals surface area (Å²) >= 11 is 1.77. The SMILES string of the molecule is Cc1cc(CSc2ccccc2C)c(C)c(C2C(C#N)=C(N)N(c3cc([N+](=O)[O-])ccc3C)C3=C2C(=O)CC(C)(C)C3)c1. The van der Waals surface area contributed by atoms with Crippen molar-refractivity contribution in [1.82, 2.24) is 0 Å². The topological polar surface area (TPSA) is 113 Å². The van der Waals surface area contributed by atoms with Crippen LogP contribution >= 0.6 is 11.8 Å². The number of aryl methyl sites for hydroxylation is 3. The Kier molecular flexibility index (Phi) is 7.97. The Labute approximate surface area is 257 Å². The number of nitrogens with two attached hydrogens (primary N) is 1. The first-order valence-electron chi connectivity index (χ1n) is 14.3. The molecule has 0 bridgehead atoms. The normalized spacial score (nSPS) is 18.0. The van der Waals surface area contributed by atoms with Crippen molar-refractivity contribution in [3.05, 3.63) is 121 Å². The van der Waals surface area contributed by atoms with Crippen molar-refractivity contribution >= 4 is 28.9 Å². The number of hydrogen-bond acceptors (Lipinski definition) is 7. The van der Waals surface area contributed by atoms with Gasteiger partial charge in [-0.25, -0.2) is 0 Å². The van der Waals surface area contributed by atoms with Crippen LogP contribution in [-0.2, 0) is 10.5 Å². The van der Waals surface area contributed by atoms with E-state index in [-0.39, 0.29) is 28.3 Å². The van der Waals surface area contributed by atoms with E-state index in [9.17, 15) is 20.2 Å². The number of carbonyl (C=O) groups excluding carboxylic acids is 1. The lowest BCUT2D eigenvalue weighted by atomic mass is 9.68. The molecule has 7 nitrogen and oxygen atoms in total. The molecule has 3 aromatic rings. The molecule has 1 atom stereocenters. The lowest BCUT2D eigenvalue weighted by molar-refractivity contribution is -0.384. The number of nitro benzene ring substituents is 1. The Hall–Kier alpha value is -4.35. The van der Waals surface area contributed by atoms with E-state index >= 15 is 0 Å². The van der Waals surface area contributed by atoms with E-state index in [0.717, 1.165) is 33.6 Å². The Morgan fingerprint density at radius 1 is 1.07 bits per heavy atom. The van der Waals surface area contributed by atoms with Crippen molar-refractivity contribution in [3.63, 3.8) is 0 Å². The molecule has 220 valence electrons. The van der Waals surface area contributed by atoms with Gasteiger partial charge in [-0.1, -0.05) is 55.8 Å². The summed E-state index contributed by atoms with van der Waals surface area (Å²) in [6.07, 6.45) is 0.872. The van der Waals surface area contributed by atoms with Crippen LogP contribution in [0.1, 0.15) is 66.0 Å². The molecule has 5 rings (SSSR count). The summed E-state index contributed by atoms with van der Waals surface area (Å²) in [7, 11) is 0. The van der Waals surface area contributed by atoms with Gasteiger partial charge in [0.2, 0.25) is 0 Å². The third-order valence-corrected chi connectivity index (χ3v) is 9.74. The molecule has 0 amide bonds. The molecule has 0 spiro atoms. The Morgan fingerprint density at radius 3 is 2.47 bits per heavy atom. The van der Waals surface area contributed by atoms with Gasteiger partial charge in [0.15, 0.2) is 5.78 Å². The number of nitriles is 1. The highest BCUT2D eigenvalue weighted by atomic mass is 32.2. The van der Waals surface area contributed by atoms with E-state index in [4.69, 9.17) is 5.73 Å². The van der Waals surface area contributed by atoms with Gasteiger partial charge in [-0.15, -0.1) is 11.8 Å². The third-order valence-electron chi connectivity index (χ3n) is 8.51. The van der Waals surface area contributed by atoms with Crippen LogP contribution in [0.4, 0.5) is 11.4 Å². The molecule has 0 saturated carbocycles. The standard InChI is InChI=1S/C35H36N4O3S/c1-20-13-24(19-43-31-10-8-7-9-22(31)3)23(4)26(14-20)32-27(18-36)34(37)38(28-15-25(39(41)42)12-11-21(28)2)29-16-35(5,6)17-30(40)33(29)32/h7-15,32H,16-17,19,37H2,1-6H3.